The molecular weight excluding hydrogens is 311 g/mol. The highest BCUT2D eigenvalue weighted by molar-refractivity contribution is 6.05. The van der Waals surface area contributed by atoms with Crippen molar-refractivity contribution in [1.82, 2.24) is 14.9 Å². The quantitative estimate of drug-likeness (QED) is 0.910. The summed E-state index contributed by atoms with van der Waals surface area (Å²) in [5, 5.41) is 6.87. The standard InChI is InChI=1S/C17H19FN4O2/c1-11-15(13-3-5-14(18)6-4-13)21-24-16(11)17(23)20-8-10-22-9-7-19-12(22)2/h3-7,9,11,16H,8,10H2,1-2H3,(H,20,23). The first-order chi connectivity index (χ1) is 11.6. The van der Waals surface area contributed by atoms with Crippen LogP contribution in [-0.2, 0) is 16.2 Å². The number of benzene rings is 1. The second kappa shape index (κ2) is 6.82. The number of imidazole rings is 1. The van der Waals surface area contributed by atoms with Crippen LogP contribution in [0.3, 0.4) is 0 Å². The van der Waals surface area contributed by atoms with Gasteiger partial charge in [-0.05, 0) is 24.6 Å². The third kappa shape index (κ3) is 3.29. The van der Waals surface area contributed by atoms with Gasteiger partial charge in [-0.25, -0.2) is 9.37 Å². The SMILES string of the molecule is Cc1nccn1CCNC(=O)C1ON=C(c2ccc(F)cc2)C1C. The summed E-state index contributed by atoms with van der Waals surface area (Å²) >= 11 is 0. The highest BCUT2D eigenvalue weighted by atomic mass is 19.1. The number of hydrogen-bond acceptors (Lipinski definition) is 4. The number of aromatic nitrogens is 2. The molecular formula is C17H19FN4O2. The molecule has 0 saturated carbocycles. The van der Waals surface area contributed by atoms with Gasteiger partial charge in [0.25, 0.3) is 5.91 Å². The van der Waals surface area contributed by atoms with Crippen LogP contribution in [0.5, 0.6) is 0 Å². The van der Waals surface area contributed by atoms with Crippen LogP contribution in [0.1, 0.15) is 18.3 Å². The molecule has 7 heteroatoms. The van der Waals surface area contributed by atoms with Crippen LogP contribution in [-0.4, -0.2) is 33.8 Å². The van der Waals surface area contributed by atoms with E-state index in [1.165, 1.54) is 12.1 Å². The molecule has 0 fully saturated rings. The molecule has 2 unspecified atom stereocenters. The fourth-order valence-corrected chi connectivity index (χ4v) is 2.68. The number of amides is 1. The number of aryl methyl sites for hydroxylation is 1. The minimum atomic E-state index is -0.672. The number of carbonyl (C=O) groups is 1. The van der Waals surface area contributed by atoms with E-state index in [0.29, 0.717) is 18.8 Å². The molecule has 1 aliphatic heterocycles. The molecule has 0 spiro atoms. The monoisotopic (exact) mass is 330 g/mol. The Bertz CT molecular complexity index is 754. The molecule has 0 saturated heterocycles. The topological polar surface area (TPSA) is 68.5 Å². The Hall–Kier alpha value is -2.70. The van der Waals surface area contributed by atoms with E-state index in [2.05, 4.69) is 15.5 Å². The van der Waals surface area contributed by atoms with E-state index < -0.39 is 6.10 Å². The van der Waals surface area contributed by atoms with E-state index in [0.717, 1.165) is 11.4 Å². The van der Waals surface area contributed by atoms with Gasteiger partial charge in [0.2, 0.25) is 6.10 Å². The summed E-state index contributed by atoms with van der Waals surface area (Å²) in [7, 11) is 0. The van der Waals surface area contributed by atoms with Crippen molar-refractivity contribution in [2.75, 3.05) is 6.54 Å². The van der Waals surface area contributed by atoms with Gasteiger partial charge in [-0.1, -0.05) is 24.2 Å². The lowest BCUT2D eigenvalue weighted by Gasteiger charge is -2.15. The van der Waals surface area contributed by atoms with Crippen LogP contribution in [0, 0.1) is 18.7 Å². The second-order valence-corrected chi connectivity index (χ2v) is 5.76. The first-order valence-corrected chi connectivity index (χ1v) is 7.81. The molecule has 1 aromatic heterocycles. The predicted octanol–water partition coefficient (Wildman–Crippen LogP) is 1.89. The van der Waals surface area contributed by atoms with Crippen molar-refractivity contribution >= 4 is 11.6 Å². The summed E-state index contributed by atoms with van der Waals surface area (Å²) in [5.41, 5.74) is 1.41. The Morgan fingerprint density at radius 1 is 1.38 bits per heavy atom. The van der Waals surface area contributed by atoms with Crippen molar-refractivity contribution in [3.8, 4) is 0 Å². The first kappa shape index (κ1) is 16.2. The minimum absolute atomic E-state index is 0.203. The van der Waals surface area contributed by atoms with E-state index in [1.807, 2.05) is 24.6 Å². The van der Waals surface area contributed by atoms with Crippen molar-refractivity contribution in [1.29, 1.82) is 0 Å². The largest absolute Gasteiger partial charge is 0.381 e. The zero-order valence-corrected chi connectivity index (χ0v) is 13.6. The number of halogens is 1. The van der Waals surface area contributed by atoms with Crippen LogP contribution >= 0.6 is 0 Å². The van der Waals surface area contributed by atoms with Crippen molar-refractivity contribution in [2.45, 2.75) is 26.5 Å². The molecule has 1 N–H and O–H groups in total. The third-order valence-corrected chi connectivity index (χ3v) is 4.12. The maximum Gasteiger partial charge on any atom is 0.264 e. The molecule has 2 aromatic rings. The Kier molecular flexibility index (Phi) is 4.59. The Morgan fingerprint density at radius 2 is 2.12 bits per heavy atom. The fourth-order valence-electron chi connectivity index (χ4n) is 2.68. The molecule has 2 atom stereocenters. The summed E-state index contributed by atoms with van der Waals surface area (Å²) in [6.07, 6.45) is 2.92. The number of rotatable bonds is 5. The molecule has 126 valence electrons. The minimum Gasteiger partial charge on any atom is -0.381 e. The fraction of sp³-hybridized carbons (Fsp3) is 0.353. The molecule has 0 bridgehead atoms. The normalized spacial score (nSPS) is 19.7. The molecule has 6 nitrogen and oxygen atoms in total. The van der Waals surface area contributed by atoms with E-state index >= 15 is 0 Å². The number of nitrogens with one attached hydrogen (secondary N) is 1. The van der Waals surface area contributed by atoms with Gasteiger partial charge >= 0.3 is 0 Å². The van der Waals surface area contributed by atoms with Gasteiger partial charge in [-0.2, -0.15) is 0 Å². The van der Waals surface area contributed by atoms with Gasteiger partial charge in [-0.15, -0.1) is 0 Å². The average Bonchev–Trinajstić information content (AvgIpc) is 3.14. The number of hydrogen-bond donors (Lipinski definition) is 1. The maximum absolute atomic E-state index is 13.0. The van der Waals surface area contributed by atoms with E-state index in [9.17, 15) is 9.18 Å². The van der Waals surface area contributed by atoms with Gasteiger partial charge in [0.1, 0.15) is 11.6 Å². The lowest BCUT2D eigenvalue weighted by molar-refractivity contribution is -0.132. The Balaban J connectivity index is 1.55. The summed E-state index contributed by atoms with van der Waals surface area (Å²) in [6, 6.07) is 6.00. The zero-order chi connectivity index (χ0) is 17.1. The van der Waals surface area contributed by atoms with Crippen LogP contribution in [0.15, 0.2) is 41.8 Å². The van der Waals surface area contributed by atoms with E-state index in [1.54, 1.807) is 18.3 Å². The number of nitrogens with zero attached hydrogens (tertiary/aromatic N) is 3. The lowest BCUT2D eigenvalue weighted by Crippen LogP contribution is -2.40. The van der Waals surface area contributed by atoms with Crippen molar-refractivity contribution < 1.29 is 14.0 Å². The Labute approximate surface area is 139 Å². The maximum atomic E-state index is 13.0. The molecule has 1 aromatic carbocycles. The highest BCUT2D eigenvalue weighted by Gasteiger charge is 2.36. The molecule has 1 aliphatic rings. The van der Waals surface area contributed by atoms with Gasteiger partial charge in [0, 0.05) is 25.5 Å². The van der Waals surface area contributed by atoms with Crippen LogP contribution in [0.2, 0.25) is 0 Å². The predicted molar refractivity (Wildman–Crippen MR) is 86.9 cm³/mol. The van der Waals surface area contributed by atoms with Crippen LogP contribution < -0.4 is 5.32 Å². The van der Waals surface area contributed by atoms with E-state index in [-0.39, 0.29) is 17.6 Å². The highest BCUT2D eigenvalue weighted by Crippen LogP contribution is 2.23. The van der Waals surface area contributed by atoms with Gasteiger partial charge < -0.3 is 14.7 Å². The molecule has 1 amide bonds. The summed E-state index contributed by atoms with van der Waals surface area (Å²) in [4.78, 5) is 21.7. The van der Waals surface area contributed by atoms with Crippen molar-refractivity contribution in [2.24, 2.45) is 11.1 Å². The number of oxime groups is 1. The smallest absolute Gasteiger partial charge is 0.264 e. The Morgan fingerprint density at radius 3 is 2.79 bits per heavy atom. The first-order valence-electron chi connectivity index (χ1n) is 7.81. The van der Waals surface area contributed by atoms with Crippen LogP contribution in [0.25, 0.3) is 0 Å². The van der Waals surface area contributed by atoms with Gasteiger partial charge in [-0.3, -0.25) is 4.79 Å². The molecule has 3 rings (SSSR count). The summed E-state index contributed by atoms with van der Waals surface area (Å²) in [5.74, 6) is 0.179. The molecule has 0 radical (unpaired) electrons. The number of carbonyl (C=O) groups excluding carboxylic acids is 1. The third-order valence-electron chi connectivity index (χ3n) is 4.12. The molecule has 24 heavy (non-hydrogen) atoms. The lowest BCUT2D eigenvalue weighted by atomic mass is 9.94. The van der Waals surface area contributed by atoms with Crippen LogP contribution in [0.4, 0.5) is 4.39 Å². The second-order valence-electron chi connectivity index (χ2n) is 5.76. The molecule has 2 heterocycles. The van der Waals surface area contributed by atoms with E-state index in [4.69, 9.17) is 4.84 Å². The summed E-state index contributed by atoms with van der Waals surface area (Å²) in [6.45, 7) is 4.91. The average molecular weight is 330 g/mol. The van der Waals surface area contributed by atoms with Gasteiger partial charge in [0.05, 0.1) is 11.6 Å². The van der Waals surface area contributed by atoms with Crippen molar-refractivity contribution in [3.63, 3.8) is 0 Å². The van der Waals surface area contributed by atoms with Crippen molar-refractivity contribution in [3.05, 3.63) is 53.9 Å². The zero-order valence-electron chi connectivity index (χ0n) is 13.6. The summed E-state index contributed by atoms with van der Waals surface area (Å²) < 4.78 is 15.0. The van der Waals surface area contributed by atoms with Gasteiger partial charge in [0.15, 0.2) is 0 Å². The molecule has 0 aliphatic carbocycles.